The molecule has 2 rings (SSSR count). The maximum atomic E-state index is 11.7. The zero-order valence-electron chi connectivity index (χ0n) is 9.48. The fourth-order valence-corrected chi connectivity index (χ4v) is 2.09. The maximum Gasteiger partial charge on any atom is 0.250 e. The van der Waals surface area contributed by atoms with E-state index >= 15 is 0 Å². The van der Waals surface area contributed by atoms with Crippen LogP contribution in [0.4, 0.5) is 5.69 Å². The van der Waals surface area contributed by atoms with Gasteiger partial charge >= 0.3 is 0 Å². The first-order valence-electron chi connectivity index (χ1n) is 5.50. The molecule has 4 nitrogen and oxygen atoms in total. The van der Waals surface area contributed by atoms with Crippen LogP contribution < -0.4 is 10.6 Å². The van der Waals surface area contributed by atoms with E-state index in [1.807, 2.05) is 0 Å². The Morgan fingerprint density at radius 2 is 2.18 bits per heavy atom. The second-order valence-corrected chi connectivity index (χ2v) is 4.01. The Hall–Kier alpha value is -2.10. The van der Waals surface area contributed by atoms with Gasteiger partial charge in [-0.1, -0.05) is 6.58 Å². The van der Waals surface area contributed by atoms with Crippen LogP contribution in [0.25, 0.3) is 0 Å². The molecule has 1 aliphatic rings. The van der Waals surface area contributed by atoms with Gasteiger partial charge in [0.1, 0.15) is 0 Å². The number of nitrogens with two attached hydrogens (primary N) is 1. The molecule has 0 bridgehead atoms. The fraction of sp³-hybridized carbons (Fsp3) is 0.231. The number of aryl methyl sites for hydroxylation is 1. The highest BCUT2D eigenvalue weighted by molar-refractivity contribution is 6.02. The topological polar surface area (TPSA) is 63.4 Å². The Morgan fingerprint density at radius 3 is 2.82 bits per heavy atom. The molecule has 1 aromatic rings. The number of benzene rings is 1. The Balaban J connectivity index is 2.43. The third-order valence-corrected chi connectivity index (χ3v) is 2.92. The fourth-order valence-electron chi connectivity index (χ4n) is 2.09. The van der Waals surface area contributed by atoms with Gasteiger partial charge in [0.15, 0.2) is 0 Å². The number of rotatable bonds is 2. The van der Waals surface area contributed by atoms with Crippen molar-refractivity contribution in [2.45, 2.75) is 12.8 Å². The van der Waals surface area contributed by atoms with E-state index in [1.165, 1.54) is 6.08 Å². The van der Waals surface area contributed by atoms with Crippen molar-refractivity contribution in [3.8, 4) is 0 Å². The van der Waals surface area contributed by atoms with Gasteiger partial charge in [0.05, 0.1) is 0 Å². The number of amides is 2. The lowest BCUT2D eigenvalue weighted by Crippen LogP contribution is -2.34. The number of nitrogens with zero attached hydrogens (tertiary/aromatic N) is 1. The number of hydrogen-bond donors (Lipinski definition) is 1. The first-order chi connectivity index (χ1) is 8.13. The van der Waals surface area contributed by atoms with E-state index in [0.717, 1.165) is 24.1 Å². The second-order valence-electron chi connectivity index (χ2n) is 4.01. The smallest absolute Gasteiger partial charge is 0.250 e. The first kappa shape index (κ1) is 11.4. The van der Waals surface area contributed by atoms with Crippen molar-refractivity contribution in [3.05, 3.63) is 42.0 Å². The minimum absolute atomic E-state index is 0.113. The van der Waals surface area contributed by atoms with Crippen LogP contribution in [-0.4, -0.2) is 18.4 Å². The van der Waals surface area contributed by atoms with Gasteiger partial charge in [-0.15, -0.1) is 0 Å². The minimum atomic E-state index is -0.444. The molecule has 2 N–H and O–H groups in total. The molecule has 1 heterocycles. The molecule has 0 aromatic heterocycles. The molecule has 1 aromatic carbocycles. The van der Waals surface area contributed by atoms with E-state index < -0.39 is 5.91 Å². The van der Waals surface area contributed by atoms with Crippen LogP contribution in [0.2, 0.25) is 0 Å². The molecule has 0 saturated heterocycles. The molecular formula is C13H14N2O2. The van der Waals surface area contributed by atoms with Crippen LogP contribution in [0.15, 0.2) is 30.9 Å². The van der Waals surface area contributed by atoms with Gasteiger partial charge in [-0.05, 0) is 42.7 Å². The molecule has 0 saturated carbocycles. The largest absolute Gasteiger partial charge is 0.366 e. The normalized spacial score (nSPS) is 14.0. The molecule has 0 spiro atoms. The zero-order valence-corrected chi connectivity index (χ0v) is 9.48. The van der Waals surface area contributed by atoms with Crippen LogP contribution in [0.5, 0.6) is 0 Å². The summed E-state index contributed by atoms with van der Waals surface area (Å²) in [6, 6.07) is 5.19. The molecule has 0 aliphatic carbocycles. The summed E-state index contributed by atoms with van der Waals surface area (Å²) in [4.78, 5) is 24.4. The van der Waals surface area contributed by atoms with Gasteiger partial charge in [-0.2, -0.15) is 0 Å². The molecule has 88 valence electrons. The molecule has 0 fully saturated rings. The average molecular weight is 230 g/mol. The predicted molar refractivity (Wildman–Crippen MR) is 65.8 cm³/mol. The third kappa shape index (κ3) is 2.06. The average Bonchev–Trinajstić information content (AvgIpc) is 2.36. The van der Waals surface area contributed by atoms with Crippen LogP contribution >= 0.6 is 0 Å². The van der Waals surface area contributed by atoms with Crippen LogP contribution in [0.3, 0.4) is 0 Å². The van der Waals surface area contributed by atoms with E-state index in [4.69, 9.17) is 5.73 Å². The Kier molecular flexibility index (Phi) is 2.95. The number of carbonyl (C=O) groups excluding carboxylic acids is 2. The van der Waals surface area contributed by atoms with Gasteiger partial charge in [-0.3, -0.25) is 9.59 Å². The predicted octanol–water partition coefficient (Wildman–Crippen LogP) is 1.25. The van der Waals surface area contributed by atoms with Crippen molar-refractivity contribution < 1.29 is 9.59 Å². The van der Waals surface area contributed by atoms with Crippen molar-refractivity contribution in [2.75, 3.05) is 11.4 Å². The van der Waals surface area contributed by atoms with Crippen molar-refractivity contribution in [1.82, 2.24) is 0 Å². The maximum absolute atomic E-state index is 11.7. The molecule has 4 heteroatoms. The highest BCUT2D eigenvalue weighted by Crippen LogP contribution is 2.28. The Labute approximate surface area is 99.7 Å². The Bertz CT molecular complexity index is 494. The summed E-state index contributed by atoms with van der Waals surface area (Å²) in [7, 11) is 0. The highest BCUT2D eigenvalue weighted by Gasteiger charge is 2.21. The van der Waals surface area contributed by atoms with Crippen LogP contribution in [0, 0.1) is 0 Å². The summed E-state index contributed by atoms with van der Waals surface area (Å²) >= 11 is 0. The minimum Gasteiger partial charge on any atom is -0.366 e. The molecule has 0 atom stereocenters. The van der Waals surface area contributed by atoms with Crippen LogP contribution in [0.1, 0.15) is 22.3 Å². The molecule has 17 heavy (non-hydrogen) atoms. The van der Waals surface area contributed by atoms with Crippen LogP contribution in [-0.2, 0) is 11.2 Å². The van der Waals surface area contributed by atoms with Gasteiger partial charge < -0.3 is 10.6 Å². The quantitative estimate of drug-likeness (QED) is 0.777. The lowest BCUT2D eigenvalue weighted by molar-refractivity contribution is -0.114. The number of primary amides is 1. The second kappa shape index (κ2) is 4.41. The summed E-state index contributed by atoms with van der Waals surface area (Å²) < 4.78 is 0. The third-order valence-electron chi connectivity index (χ3n) is 2.92. The van der Waals surface area contributed by atoms with Crippen molar-refractivity contribution in [2.24, 2.45) is 5.73 Å². The summed E-state index contributed by atoms with van der Waals surface area (Å²) in [6.07, 6.45) is 3.04. The highest BCUT2D eigenvalue weighted by atomic mass is 16.2. The van der Waals surface area contributed by atoms with Gasteiger partial charge in [0.25, 0.3) is 0 Å². The molecule has 1 aliphatic heterocycles. The van der Waals surface area contributed by atoms with Gasteiger partial charge in [-0.25, -0.2) is 0 Å². The van der Waals surface area contributed by atoms with Gasteiger partial charge in [0, 0.05) is 17.8 Å². The van der Waals surface area contributed by atoms with E-state index in [1.54, 1.807) is 23.1 Å². The van der Waals surface area contributed by atoms with Crippen molar-refractivity contribution in [1.29, 1.82) is 0 Å². The Morgan fingerprint density at radius 1 is 1.41 bits per heavy atom. The summed E-state index contributed by atoms with van der Waals surface area (Å²) in [5.41, 5.74) is 7.56. The monoisotopic (exact) mass is 230 g/mol. The summed E-state index contributed by atoms with van der Waals surface area (Å²) in [6.45, 7) is 4.18. The lowest BCUT2D eigenvalue weighted by atomic mass is 9.99. The van der Waals surface area contributed by atoms with Crippen molar-refractivity contribution in [3.63, 3.8) is 0 Å². The molecule has 0 unspecified atom stereocenters. The van der Waals surface area contributed by atoms with E-state index in [9.17, 15) is 9.59 Å². The van der Waals surface area contributed by atoms with E-state index in [0.29, 0.717) is 12.1 Å². The standard InChI is InChI=1S/C13H14N2O2/c1-2-12(16)15-7-3-4-9-8-10(13(14)17)5-6-11(9)15/h2,5-6,8H,1,3-4,7H2,(H2,14,17). The summed E-state index contributed by atoms with van der Waals surface area (Å²) in [5, 5.41) is 0. The summed E-state index contributed by atoms with van der Waals surface area (Å²) in [5.74, 6) is -0.558. The first-order valence-corrected chi connectivity index (χ1v) is 5.50. The van der Waals surface area contributed by atoms with Gasteiger partial charge in [0.2, 0.25) is 11.8 Å². The number of anilines is 1. The molecular weight excluding hydrogens is 216 g/mol. The van der Waals surface area contributed by atoms with E-state index in [-0.39, 0.29) is 5.91 Å². The number of hydrogen-bond acceptors (Lipinski definition) is 2. The lowest BCUT2D eigenvalue weighted by Gasteiger charge is -2.28. The molecule has 2 amide bonds. The van der Waals surface area contributed by atoms with Crippen molar-refractivity contribution >= 4 is 17.5 Å². The SMILES string of the molecule is C=CC(=O)N1CCCc2cc(C(N)=O)ccc21. The number of carbonyl (C=O) groups is 2. The number of fused-ring (bicyclic) bond motifs is 1. The molecule has 0 radical (unpaired) electrons. The zero-order chi connectivity index (χ0) is 12.4. The van der Waals surface area contributed by atoms with E-state index in [2.05, 4.69) is 6.58 Å².